The third-order valence-electron chi connectivity index (χ3n) is 5.15. The van der Waals surface area contributed by atoms with Gasteiger partial charge in [0.1, 0.15) is 5.82 Å². The first-order chi connectivity index (χ1) is 13.7. The maximum Gasteiger partial charge on any atom is 0.251 e. The highest BCUT2D eigenvalue weighted by Gasteiger charge is 2.22. The summed E-state index contributed by atoms with van der Waals surface area (Å²) in [6.07, 6.45) is 6.69. The molecule has 0 saturated carbocycles. The predicted octanol–water partition coefficient (Wildman–Crippen LogP) is 5.89. The van der Waals surface area contributed by atoms with Crippen LogP contribution in [0.5, 0.6) is 0 Å². The molecule has 3 aromatic rings. The number of carbonyl (C=O) groups excluding carboxylic acids is 1. The average molecular weight is 378 g/mol. The van der Waals surface area contributed by atoms with Crippen molar-refractivity contribution in [3.05, 3.63) is 66.0 Å². The second-order valence-corrected chi connectivity index (χ2v) is 7.35. The molecule has 3 rings (SSSR count). The summed E-state index contributed by atoms with van der Waals surface area (Å²) in [4.78, 5) is 17.7. The van der Waals surface area contributed by atoms with Gasteiger partial charge in [-0.15, -0.1) is 0 Å². The first kappa shape index (κ1) is 20.1. The Hall–Kier alpha value is -2.62. The molecule has 4 heteroatoms. The topological polar surface area (TPSA) is 46.9 Å². The lowest BCUT2D eigenvalue weighted by atomic mass is 10.1. The fourth-order valence-electron chi connectivity index (χ4n) is 3.68. The van der Waals surface area contributed by atoms with Crippen molar-refractivity contribution in [3.8, 4) is 0 Å². The molecule has 0 fully saturated rings. The standard InChI is InChI=1S/C24H31N3O/c1-3-5-6-12-18-27-22-17-11-10-16-20(22)25-23(27)21(13-4-2)26-24(28)19-14-8-7-9-15-19/h7-11,14-17,21H,3-6,12-13,18H2,1-2H3,(H,26,28)/t21-/m1/s1. The lowest BCUT2D eigenvalue weighted by Gasteiger charge is -2.20. The van der Waals surface area contributed by atoms with Crippen molar-refractivity contribution >= 4 is 16.9 Å². The van der Waals surface area contributed by atoms with Crippen molar-refractivity contribution in [1.82, 2.24) is 14.9 Å². The normalized spacial score (nSPS) is 12.2. The molecule has 4 nitrogen and oxygen atoms in total. The fourth-order valence-corrected chi connectivity index (χ4v) is 3.68. The molecule has 1 aromatic heterocycles. The number of benzene rings is 2. The summed E-state index contributed by atoms with van der Waals surface area (Å²) in [5, 5.41) is 3.23. The fraction of sp³-hybridized carbons (Fsp3) is 0.417. The Morgan fingerprint density at radius 3 is 2.46 bits per heavy atom. The molecule has 1 amide bonds. The number of aromatic nitrogens is 2. The number of fused-ring (bicyclic) bond motifs is 1. The Kier molecular flexibility index (Phi) is 7.24. The van der Waals surface area contributed by atoms with Crippen molar-refractivity contribution in [2.75, 3.05) is 0 Å². The molecule has 2 aromatic carbocycles. The van der Waals surface area contributed by atoms with Gasteiger partial charge in [0.2, 0.25) is 0 Å². The van der Waals surface area contributed by atoms with E-state index in [1.807, 2.05) is 36.4 Å². The van der Waals surface area contributed by atoms with E-state index in [4.69, 9.17) is 4.98 Å². The number of hydrogen-bond donors (Lipinski definition) is 1. The number of aryl methyl sites for hydroxylation is 1. The van der Waals surface area contributed by atoms with Crippen molar-refractivity contribution in [2.24, 2.45) is 0 Å². The summed E-state index contributed by atoms with van der Waals surface area (Å²) in [5.74, 6) is 0.937. The highest BCUT2D eigenvalue weighted by Crippen LogP contribution is 2.25. The highest BCUT2D eigenvalue weighted by molar-refractivity contribution is 5.94. The summed E-state index contributed by atoms with van der Waals surface area (Å²) in [6.45, 7) is 5.32. The van der Waals surface area contributed by atoms with Gasteiger partial charge in [0.25, 0.3) is 5.91 Å². The van der Waals surface area contributed by atoms with E-state index in [0.717, 1.165) is 42.7 Å². The number of rotatable bonds is 10. The zero-order valence-electron chi connectivity index (χ0n) is 17.0. The van der Waals surface area contributed by atoms with Crippen LogP contribution in [0.25, 0.3) is 11.0 Å². The quantitative estimate of drug-likeness (QED) is 0.448. The van der Waals surface area contributed by atoms with Gasteiger partial charge in [-0.25, -0.2) is 4.98 Å². The summed E-state index contributed by atoms with van der Waals surface area (Å²) in [7, 11) is 0. The van der Waals surface area contributed by atoms with E-state index >= 15 is 0 Å². The van der Waals surface area contributed by atoms with Crippen LogP contribution >= 0.6 is 0 Å². The van der Waals surface area contributed by atoms with Gasteiger partial charge in [-0.3, -0.25) is 4.79 Å². The molecular weight excluding hydrogens is 346 g/mol. The number of carbonyl (C=O) groups is 1. The van der Waals surface area contributed by atoms with Gasteiger partial charge in [-0.2, -0.15) is 0 Å². The van der Waals surface area contributed by atoms with E-state index in [1.54, 1.807) is 0 Å². The van der Waals surface area contributed by atoms with Gasteiger partial charge in [0.05, 0.1) is 17.1 Å². The minimum Gasteiger partial charge on any atom is -0.342 e. The molecule has 1 atom stereocenters. The van der Waals surface area contributed by atoms with Crippen molar-refractivity contribution in [3.63, 3.8) is 0 Å². The minimum atomic E-state index is -0.0868. The van der Waals surface area contributed by atoms with E-state index in [2.05, 4.69) is 41.9 Å². The van der Waals surface area contributed by atoms with E-state index in [0.29, 0.717) is 5.56 Å². The molecule has 0 spiro atoms. The molecule has 1 heterocycles. The Morgan fingerprint density at radius 1 is 0.964 bits per heavy atom. The van der Waals surface area contributed by atoms with Gasteiger partial charge in [-0.05, 0) is 37.1 Å². The molecule has 0 aliphatic carbocycles. The Bertz CT molecular complexity index is 885. The van der Waals surface area contributed by atoms with Crippen molar-refractivity contribution in [2.45, 2.75) is 65.0 Å². The maximum absolute atomic E-state index is 12.8. The molecule has 0 saturated heterocycles. The van der Waals surface area contributed by atoms with Crippen LogP contribution in [0.2, 0.25) is 0 Å². The maximum atomic E-state index is 12.8. The van der Waals surface area contributed by atoms with Gasteiger partial charge in [-0.1, -0.05) is 69.9 Å². The molecule has 28 heavy (non-hydrogen) atoms. The molecule has 0 unspecified atom stereocenters. The smallest absolute Gasteiger partial charge is 0.251 e. The van der Waals surface area contributed by atoms with Crippen LogP contribution in [0.15, 0.2) is 54.6 Å². The molecule has 0 bridgehead atoms. The van der Waals surface area contributed by atoms with Gasteiger partial charge in [0, 0.05) is 12.1 Å². The molecule has 1 N–H and O–H groups in total. The lowest BCUT2D eigenvalue weighted by Crippen LogP contribution is -2.30. The molecular formula is C24H31N3O. The molecule has 0 radical (unpaired) electrons. The number of nitrogens with one attached hydrogen (secondary N) is 1. The van der Waals surface area contributed by atoms with E-state index in [1.165, 1.54) is 19.3 Å². The zero-order chi connectivity index (χ0) is 19.8. The first-order valence-corrected chi connectivity index (χ1v) is 10.6. The summed E-state index contributed by atoms with van der Waals surface area (Å²) < 4.78 is 2.32. The Labute approximate surface area is 168 Å². The number of nitrogens with zero attached hydrogens (tertiary/aromatic N) is 2. The molecule has 0 aliphatic rings. The number of unbranched alkanes of at least 4 members (excludes halogenated alkanes) is 3. The third-order valence-corrected chi connectivity index (χ3v) is 5.15. The van der Waals surface area contributed by atoms with Gasteiger partial charge < -0.3 is 9.88 Å². The van der Waals surface area contributed by atoms with E-state index < -0.39 is 0 Å². The van der Waals surface area contributed by atoms with Crippen LogP contribution in [0.4, 0.5) is 0 Å². The number of para-hydroxylation sites is 2. The number of hydrogen-bond acceptors (Lipinski definition) is 2. The molecule has 148 valence electrons. The van der Waals surface area contributed by atoms with Crippen molar-refractivity contribution < 1.29 is 4.79 Å². The minimum absolute atomic E-state index is 0.0383. The number of amides is 1. The summed E-state index contributed by atoms with van der Waals surface area (Å²) >= 11 is 0. The van der Waals surface area contributed by atoms with Gasteiger partial charge in [0.15, 0.2) is 0 Å². The van der Waals surface area contributed by atoms with Crippen LogP contribution < -0.4 is 5.32 Å². The first-order valence-electron chi connectivity index (χ1n) is 10.6. The van der Waals surface area contributed by atoms with Crippen molar-refractivity contribution in [1.29, 1.82) is 0 Å². The lowest BCUT2D eigenvalue weighted by molar-refractivity contribution is 0.0932. The average Bonchev–Trinajstić information content (AvgIpc) is 3.10. The highest BCUT2D eigenvalue weighted by atomic mass is 16.1. The predicted molar refractivity (Wildman–Crippen MR) is 115 cm³/mol. The van der Waals surface area contributed by atoms with Gasteiger partial charge >= 0.3 is 0 Å². The van der Waals surface area contributed by atoms with E-state index in [-0.39, 0.29) is 11.9 Å². The second kappa shape index (κ2) is 10.1. The monoisotopic (exact) mass is 377 g/mol. The van der Waals surface area contributed by atoms with Crippen LogP contribution in [-0.4, -0.2) is 15.5 Å². The Morgan fingerprint density at radius 2 is 1.71 bits per heavy atom. The molecule has 0 aliphatic heterocycles. The third kappa shape index (κ3) is 4.80. The SMILES string of the molecule is CCCCCCn1c([C@@H](CCC)NC(=O)c2ccccc2)nc2ccccc21. The zero-order valence-corrected chi connectivity index (χ0v) is 17.0. The van der Waals surface area contributed by atoms with E-state index in [9.17, 15) is 4.79 Å². The van der Waals surface area contributed by atoms with Crippen LogP contribution in [0.1, 0.15) is 74.6 Å². The largest absolute Gasteiger partial charge is 0.342 e. The summed E-state index contributed by atoms with van der Waals surface area (Å²) in [5.41, 5.74) is 2.85. The number of imidazole rings is 1. The summed E-state index contributed by atoms with van der Waals surface area (Å²) in [6, 6.07) is 17.6. The van der Waals surface area contributed by atoms with Crippen LogP contribution in [0.3, 0.4) is 0 Å². The van der Waals surface area contributed by atoms with Crippen LogP contribution in [-0.2, 0) is 6.54 Å². The van der Waals surface area contributed by atoms with Crippen LogP contribution in [0, 0.1) is 0 Å². The second-order valence-electron chi connectivity index (χ2n) is 7.35. The Balaban J connectivity index is 1.89.